The molecule has 17 N–H and O–H groups in total. The van der Waals surface area contributed by atoms with E-state index in [-0.39, 0.29) is 65.1 Å². The molecule has 0 fully saturated rings. The van der Waals surface area contributed by atoms with Crippen LogP contribution >= 0.6 is 0 Å². The van der Waals surface area contributed by atoms with E-state index >= 15 is 0 Å². The van der Waals surface area contributed by atoms with E-state index in [4.69, 9.17) is 76.6 Å². The van der Waals surface area contributed by atoms with Crippen LogP contribution in [0.2, 0.25) is 0 Å². The van der Waals surface area contributed by atoms with Gasteiger partial charge >= 0.3 is 0 Å². The molecule has 0 aliphatic heterocycles. The first kappa shape index (κ1) is 163. The third kappa shape index (κ3) is 123. The van der Waals surface area contributed by atoms with Crippen molar-refractivity contribution in [3.63, 3.8) is 0 Å². The Morgan fingerprint density at radius 3 is 0.683 bits per heavy atom. The van der Waals surface area contributed by atoms with Crippen LogP contribution in [0, 0.1) is 11.8 Å². The van der Waals surface area contributed by atoms with Crippen LogP contribution in [0.3, 0.4) is 0 Å². The predicted molar refractivity (Wildman–Crippen MR) is 596 cm³/mol. The fraction of sp³-hybridized carbons (Fsp3) is 0.982. The van der Waals surface area contributed by atoms with Gasteiger partial charge in [0.05, 0.1) is 316 Å². The van der Waals surface area contributed by atoms with Gasteiger partial charge in [-0.3, -0.25) is 0 Å². The lowest BCUT2D eigenvalue weighted by Gasteiger charge is -2.34. The second kappa shape index (κ2) is 102. The molecule has 0 radical (unpaired) electrons. The van der Waals surface area contributed by atoms with Crippen LogP contribution in [0.15, 0.2) is 0 Å². The number of aliphatic hydroxyl groups excluding tert-OH is 16. The molecule has 0 heterocycles. The van der Waals surface area contributed by atoms with Gasteiger partial charge in [0.15, 0.2) is 0 Å². The highest BCUT2D eigenvalue weighted by Gasteiger charge is 2.27. The van der Waals surface area contributed by atoms with Gasteiger partial charge in [-0.1, -0.05) is 106 Å². The second-order valence-electron chi connectivity index (χ2n) is 45.2. The summed E-state index contributed by atoms with van der Waals surface area (Å²) in [5, 5.41) is 150. The summed E-state index contributed by atoms with van der Waals surface area (Å²) in [5.41, 5.74) is -0.852. The maximum absolute atomic E-state index is 9.23. The predicted octanol–water partition coefficient (Wildman–Crippen LogP) is 9.80. The highest BCUT2D eigenvalue weighted by Crippen LogP contribution is 2.16. The number of unbranched alkanes of at least 4 members (excludes halogenated alkanes) is 11. The van der Waals surface area contributed by atoms with E-state index in [9.17, 15) is 10.2 Å². The molecule has 139 heavy (non-hydrogen) atoms. The van der Waals surface area contributed by atoms with Gasteiger partial charge < -0.3 is 141 Å². The molecule has 0 aromatic heterocycles. The summed E-state index contributed by atoms with van der Waals surface area (Å²) in [5.74, 6) is 5.71. The maximum Gasteiger partial charge on any atom is 0.140 e. The third-order valence-corrected chi connectivity index (χ3v) is 27.2. The smallest absolute Gasteiger partial charge is 0.140 e. The van der Waals surface area contributed by atoms with E-state index in [0.29, 0.717) is 61.6 Å². The van der Waals surface area contributed by atoms with E-state index < -0.39 is 17.8 Å². The second-order valence-corrected chi connectivity index (χ2v) is 45.2. The largest absolute Gasteiger partial charge is 0.396 e. The Balaban J connectivity index is -0.000000127. The summed E-state index contributed by atoms with van der Waals surface area (Å²) >= 11 is 0. The number of hydrogen-bond acceptors (Lipinski definition) is 17. The highest BCUT2D eigenvalue weighted by molar-refractivity contribution is 5.10. The standard InChI is InChI=1S/C13H30NO.C12H28NO.2C11H26NO.C10H24NO.C9H22NO2.C9H18NO.C8H20NO2.C8H20NO.C7H18NO2.2C6H16NO2/c1-4-6-10-14(3,11-7-5-2)12-8-9-13-15;1-4-6-9-13(3,10-7-5-2)11-8-12-14;1-4-12(3,5-2)10-8-6-7-9-11-13;1-4-6-8-12(3,10-11-13)9-7-5-2;1-5-11(4,6-2)9-7-8-10(3)12;1-3-4-5-10(2,6-8-11)7-9-12;1-9(2,11)7-6-8-10(3,4)5;1-4-9(3,5-2)6-8(11)7-10;1-5-9(4,6-2)7-8(3)10;1-3-8(2,4-6-9)5-7-10;1-7(2,3)4-6(9)5-8;1-7(2,3-5-8)4-6-9/h15H,4-13H2,1-3H3;14H,4-12H2,1-3H3;2*13H,4-11H2,1-3H3;10,12H,5-9H2,1-4H3;11-12H,3-9H2,1-2H3;11H,8H2,1-5H3;8,10-11H,4-7H2,1-3H3;8,10H,5-7H2,1-4H3;9-10H,3-7H2,1-2H3;6,8-9H,4-5H2,1-3H3;8-9H,3-6H2,1-2H3/q12*+1. The van der Waals surface area contributed by atoms with Crippen molar-refractivity contribution < 1.29 is 141 Å². The summed E-state index contributed by atoms with van der Waals surface area (Å²) in [6.07, 6.45) is 26.3. The van der Waals surface area contributed by atoms with Crippen LogP contribution in [0.25, 0.3) is 0 Å². The Morgan fingerprint density at radius 1 is 0.223 bits per heavy atom. The van der Waals surface area contributed by atoms with E-state index in [1.807, 2.05) is 56.1 Å². The first-order valence-corrected chi connectivity index (χ1v) is 55.7. The Bertz CT molecular complexity index is 2410. The van der Waals surface area contributed by atoms with Crippen LogP contribution < -0.4 is 0 Å². The number of nitrogens with zero attached hydrogens (tertiary/aromatic N) is 12. The number of likely N-dealkylation sites (N-methyl/N-ethyl adjacent to an activating group) is 7. The minimum Gasteiger partial charge on any atom is -0.396 e. The summed E-state index contributed by atoms with van der Waals surface area (Å²) in [6.45, 7) is 76.2. The average molecular weight is 2030 g/mol. The van der Waals surface area contributed by atoms with Crippen molar-refractivity contribution in [2.75, 3.05) is 402 Å². The fourth-order valence-electron chi connectivity index (χ4n) is 14.6. The summed E-state index contributed by atoms with van der Waals surface area (Å²) < 4.78 is 11.3. The van der Waals surface area contributed by atoms with Crippen LogP contribution in [-0.4, -0.2) is 573 Å². The first-order valence-electron chi connectivity index (χ1n) is 55.7. The minimum atomic E-state index is -0.852. The SMILES string of the molecule is CC(C)(O)C#CC[N+](C)(C)C.CCCC[N+](C)(CCCC)CCCCO.CCCC[N+](C)(CCCC)CCCO.CCCC[N+](C)(CCO)CCCC.CCCC[N+](C)(CCO)CCO.CC[N+](C)(CC)CC(C)O.CC[N+](C)(CC)CC(O)CO.CC[N+](C)(CC)CCCC(C)O.CC[N+](C)(CC)CCCCCCO.CC[N+](C)(CCO)CCO.C[N+](C)(C)CC(O)CO.C[N+](C)(CCO)CCO. The molecular weight excluding hydrogens is 1760 g/mol. The van der Waals surface area contributed by atoms with Gasteiger partial charge in [0, 0.05) is 26.2 Å². The van der Waals surface area contributed by atoms with Crippen molar-refractivity contribution in [2.24, 2.45) is 0 Å². The van der Waals surface area contributed by atoms with Crippen molar-refractivity contribution in [3.8, 4) is 11.8 Å². The molecule has 0 aromatic rings. The lowest BCUT2D eigenvalue weighted by atomic mass is 10.1. The minimum absolute atomic E-state index is 0.131. The van der Waals surface area contributed by atoms with Crippen molar-refractivity contribution in [1.29, 1.82) is 0 Å². The lowest BCUT2D eigenvalue weighted by Crippen LogP contribution is -2.49. The third-order valence-electron chi connectivity index (χ3n) is 27.2. The Hall–Kier alpha value is -1.60. The summed E-state index contributed by atoms with van der Waals surface area (Å²) in [7, 11) is 36.0. The molecule has 4 unspecified atom stereocenters. The highest BCUT2D eigenvalue weighted by atomic mass is 16.3. The summed E-state index contributed by atoms with van der Waals surface area (Å²) in [4.78, 5) is 0. The zero-order valence-corrected chi connectivity index (χ0v) is 100. The molecule has 0 saturated heterocycles. The van der Waals surface area contributed by atoms with Gasteiger partial charge in [0.25, 0.3) is 0 Å². The monoisotopic (exact) mass is 2030 g/mol. The molecule has 4 atom stereocenters. The number of rotatable bonds is 70. The zero-order valence-electron chi connectivity index (χ0n) is 100. The molecule has 0 rings (SSSR count). The van der Waals surface area contributed by atoms with E-state index in [1.54, 1.807) is 13.8 Å². The Kier molecular flexibility index (Phi) is 120. The van der Waals surface area contributed by atoms with Crippen LogP contribution in [0.1, 0.15) is 286 Å². The molecule has 0 spiro atoms. The van der Waals surface area contributed by atoms with E-state index in [1.165, 1.54) is 203 Å². The zero-order chi connectivity index (χ0) is 111. The van der Waals surface area contributed by atoms with Gasteiger partial charge in [-0.25, -0.2) is 0 Å². The Morgan fingerprint density at radius 2 is 0.453 bits per heavy atom. The van der Waals surface area contributed by atoms with Gasteiger partial charge in [-0.15, -0.1) is 0 Å². The molecule has 29 heteroatoms. The van der Waals surface area contributed by atoms with Crippen molar-refractivity contribution in [2.45, 2.75) is 316 Å². The molecule has 0 amide bonds. The van der Waals surface area contributed by atoms with Crippen molar-refractivity contribution in [3.05, 3.63) is 0 Å². The number of quaternary nitrogens is 12. The topological polar surface area (TPSA) is 344 Å². The van der Waals surface area contributed by atoms with Crippen LogP contribution in [0.4, 0.5) is 0 Å². The van der Waals surface area contributed by atoms with E-state index in [2.05, 4.69) is 200 Å². The van der Waals surface area contributed by atoms with E-state index in [0.717, 1.165) is 166 Å². The average Bonchev–Trinajstić information content (AvgIpc) is 0.906. The molecular formula is C110H264N12O17+12. The molecule has 0 aliphatic carbocycles. The van der Waals surface area contributed by atoms with Crippen molar-refractivity contribution in [1.82, 2.24) is 0 Å². The first-order chi connectivity index (χ1) is 64.5. The molecule has 0 bridgehead atoms. The van der Waals surface area contributed by atoms with Gasteiger partial charge in [-0.05, 0) is 186 Å². The lowest BCUT2D eigenvalue weighted by molar-refractivity contribution is -0.910. The number of aliphatic hydroxyl groups is 17. The molecule has 0 saturated carbocycles. The van der Waals surface area contributed by atoms with Crippen LogP contribution in [-0.2, 0) is 0 Å². The fourth-order valence-corrected chi connectivity index (χ4v) is 14.6. The van der Waals surface area contributed by atoms with Gasteiger partial charge in [0.1, 0.15) is 95.9 Å². The summed E-state index contributed by atoms with van der Waals surface area (Å²) in [6, 6.07) is 0. The number of hydrogen-bond donors (Lipinski definition) is 17. The van der Waals surface area contributed by atoms with Crippen molar-refractivity contribution >= 4 is 0 Å². The molecule has 854 valence electrons. The van der Waals surface area contributed by atoms with Gasteiger partial charge in [0.2, 0.25) is 0 Å². The molecule has 29 nitrogen and oxygen atoms in total. The van der Waals surface area contributed by atoms with Gasteiger partial charge in [-0.2, -0.15) is 0 Å². The van der Waals surface area contributed by atoms with Crippen LogP contribution in [0.5, 0.6) is 0 Å². The Labute approximate surface area is 866 Å². The molecule has 0 aromatic carbocycles. The molecule has 0 aliphatic rings. The normalized spacial score (nSPS) is 13.0. The maximum atomic E-state index is 9.23. The quantitative estimate of drug-likeness (QED) is 0.0153.